The molecule has 1 unspecified atom stereocenters. The third-order valence-electron chi connectivity index (χ3n) is 2.63. The van der Waals surface area contributed by atoms with Crippen molar-refractivity contribution in [2.75, 3.05) is 13.6 Å². The van der Waals surface area contributed by atoms with Crippen molar-refractivity contribution in [3.8, 4) is 6.07 Å². The van der Waals surface area contributed by atoms with Crippen LogP contribution in [0.4, 0.5) is 13.2 Å². The van der Waals surface area contributed by atoms with E-state index in [1.165, 1.54) is 24.1 Å². The number of amides is 1. The van der Waals surface area contributed by atoms with Crippen LogP contribution in [0.2, 0.25) is 0 Å². The molecule has 0 aliphatic carbocycles. The Hall–Kier alpha value is -1.55. The van der Waals surface area contributed by atoms with Crippen LogP contribution >= 0.6 is 15.9 Å². The Labute approximate surface area is 123 Å². The van der Waals surface area contributed by atoms with E-state index in [0.717, 1.165) is 6.07 Å². The fraction of sp³-hybridized carbons (Fsp3) is 0.385. The molecule has 0 spiro atoms. The van der Waals surface area contributed by atoms with Gasteiger partial charge in [-0.1, -0.05) is 15.9 Å². The van der Waals surface area contributed by atoms with E-state index < -0.39 is 17.6 Å². The van der Waals surface area contributed by atoms with E-state index in [4.69, 9.17) is 5.26 Å². The zero-order valence-electron chi connectivity index (χ0n) is 10.8. The molecule has 0 saturated heterocycles. The zero-order valence-corrected chi connectivity index (χ0v) is 12.4. The predicted octanol–water partition coefficient (Wildman–Crippen LogP) is 3.70. The van der Waals surface area contributed by atoms with Gasteiger partial charge in [0.25, 0.3) is 5.91 Å². The molecule has 7 heteroatoms. The summed E-state index contributed by atoms with van der Waals surface area (Å²) in [5.41, 5.74) is -0.960. The minimum atomic E-state index is -4.53. The normalized spacial score (nSPS) is 12.7. The molecule has 108 valence electrons. The Morgan fingerprint density at radius 3 is 2.60 bits per heavy atom. The summed E-state index contributed by atoms with van der Waals surface area (Å²) in [6.45, 7) is 1.79. The largest absolute Gasteiger partial charge is 0.417 e. The summed E-state index contributed by atoms with van der Waals surface area (Å²) in [5.74, 6) is -0.938. The molecule has 3 nitrogen and oxygen atoms in total. The van der Waals surface area contributed by atoms with Crippen LogP contribution in [-0.4, -0.2) is 24.4 Å². The van der Waals surface area contributed by atoms with E-state index in [-0.39, 0.29) is 22.5 Å². The van der Waals surface area contributed by atoms with Crippen molar-refractivity contribution in [1.82, 2.24) is 4.90 Å². The van der Waals surface area contributed by atoms with Gasteiger partial charge >= 0.3 is 6.18 Å². The first-order valence-corrected chi connectivity index (χ1v) is 6.48. The molecular weight excluding hydrogens is 337 g/mol. The van der Waals surface area contributed by atoms with Crippen molar-refractivity contribution in [2.24, 2.45) is 5.92 Å². The van der Waals surface area contributed by atoms with Gasteiger partial charge in [0.05, 0.1) is 17.6 Å². The minimum Gasteiger partial charge on any atom is -0.340 e. The van der Waals surface area contributed by atoms with Gasteiger partial charge in [-0.15, -0.1) is 0 Å². The SMILES string of the molecule is CC(C#N)CN(C)C(=O)c1ccc(Br)c(C(F)(F)F)c1. The number of alkyl halides is 3. The lowest BCUT2D eigenvalue weighted by atomic mass is 10.1. The summed E-state index contributed by atoms with van der Waals surface area (Å²) in [6.07, 6.45) is -4.53. The maximum Gasteiger partial charge on any atom is 0.417 e. The van der Waals surface area contributed by atoms with Gasteiger partial charge in [-0.25, -0.2) is 0 Å². The molecule has 0 bridgehead atoms. The molecule has 0 N–H and O–H groups in total. The van der Waals surface area contributed by atoms with Crippen LogP contribution < -0.4 is 0 Å². The van der Waals surface area contributed by atoms with Crippen molar-refractivity contribution in [3.05, 3.63) is 33.8 Å². The molecule has 0 radical (unpaired) electrons. The van der Waals surface area contributed by atoms with Gasteiger partial charge in [0, 0.05) is 23.6 Å². The number of carbonyl (C=O) groups is 1. The van der Waals surface area contributed by atoms with Crippen LogP contribution in [0.3, 0.4) is 0 Å². The van der Waals surface area contributed by atoms with E-state index in [0.29, 0.717) is 0 Å². The highest BCUT2D eigenvalue weighted by atomic mass is 79.9. The van der Waals surface area contributed by atoms with Gasteiger partial charge < -0.3 is 4.90 Å². The number of hydrogen-bond donors (Lipinski definition) is 0. The molecule has 1 amide bonds. The molecule has 0 aliphatic heterocycles. The maximum absolute atomic E-state index is 12.8. The minimum absolute atomic E-state index is 0.0619. The van der Waals surface area contributed by atoms with Crippen molar-refractivity contribution < 1.29 is 18.0 Å². The van der Waals surface area contributed by atoms with Crippen LogP contribution in [0, 0.1) is 17.2 Å². The topological polar surface area (TPSA) is 44.1 Å². The van der Waals surface area contributed by atoms with Crippen molar-refractivity contribution in [3.63, 3.8) is 0 Å². The number of nitrogens with zero attached hydrogens (tertiary/aromatic N) is 2. The van der Waals surface area contributed by atoms with Crippen LogP contribution in [0.5, 0.6) is 0 Å². The number of benzene rings is 1. The highest BCUT2D eigenvalue weighted by Crippen LogP contribution is 2.35. The van der Waals surface area contributed by atoms with E-state index >= 15 is 0 Å². The molecule has 1 aromatic rings. The van der Waals surface area contributed by atoms with Gasteiger partial charge in [0.15, 0.2) is 0 Å². The molecule has 0 aromatic heterocycles. The summed E-state index contributed by atoms with van der Waals surface area (Å²) in [6, 6.07) is 5.28. The number of nitriles is 1. The van der Waals surface area contributed by atoms with Gasteiger partial charge in [-0.05, 0) is 25.1 Å². The molecule has 0 fully saturated rings. The van der Waals surface area contributed by atoms with Gasteiger partial charge in [-0.3, -0.25) is 4.79 Å². The average Bonchev–Trinajstić information content (AvgIpc) is 2.36. The fourth-order valence-corrected chi connectivity index (χ4v) is 2.10. The first-order chi connectivity index (χ1) is 9.16. The van der Waals surface area contributed by atoms with Crippen LogP contribution in [0.25, 0.3) is 0 Å². The third kappa shape index (κ3) is 3.97. The lowest BCUT2D eigenvalue weighted by molar-refractivity contribution is -0.138. The number of hydrogen-bond acceptors (Lipinski definition) is 2. The third-order valence-corrected chi connectivity index (χ3v) is 3.33. The first kappa shape index (κ1) is 16.5. The maximum atomic E-state index is 12.8. The van der Waals surface area contributed by atoms with Crippen molar-refractivity contribution in [1.29, 1.82) is 5.26 Å². The Morgan fingerprint density at radius 2 is 2.10 bits per heavy atom. The second kappa shape index (κ2) is 6.27. The Kier molecular flexibility index (Phi) is 5.17. The number of rotatable bonds is 3. The van der Waals surface area contributed by atoms with E-state index in [1.54, 1.807) is 6.92 Å². The Balaban J connectivity index is 3.04. The van der Waals surface area contributed by atoms with Crippen LogP contribution in [0.1, 0.15) is 22.8 Å². The highest BCUT2D eigenvalue weighted by molar-refractivity contribution is 9.10. The van der Waals surface area contributed by atoms with Gasteiger partial charge in [0.1, 0.15) is 0 Å². The number of halogens is 4. The lowest BCUT2D eigenvalue weighted by Gasteiger charge is -2.19. The quantitative estimate of drug-likeness (QED) is 0.835. The summed E-state index contributed by atoms with van der Waals surface area (Å²) in [4.78, 5) is 13.3. The molecule has 1 atom stereocenters. The first-order valence-electron chi connectivity index (χ1n) is 5.68. The summed E-state index contributed by atoms with van der Waals surface area (Å²) < 4.78 is 38.2. The number of carbonyl (C=O) groups excluding carboxylic acids is 1. The summed E-state index contributed by atoms with van der Waals surface area (Å²) in [5, 5.41) is 8.68. The van der Waals surface area contributed by atoms with Crippen LogP contribution in [0.15, 0.2) is 22.7 Å². The molecular formula is C13H12BrF3N2O. The molecule has 1 rings (SSSR count). The predicted molar refractivity (Wildman–Crippen MR) is 70.9 cm³/mol. The van der Waals surface area contributed by atoms with Crippen molar-refractivity contribution >= 4 is 21.8 Å². The van der Waals surface area contributed by atoms with Crippen LogP contribution in [-0.2, 0) is 6.18 Å². The van der Waals surface area contributed by atoms with Gasteiger partial charge in [-0.2, -0.15) is 18.4 Å². The molecule has 20 heavy (non-hydrogen) atoms. The molecule has 0 aliphatic rings. The molecule has 0 saturated carbocycles. The fourth-order valence-electron chi connectivity index (χ4n) is 1.63. The second-order valence-electron chi connectivity index (χ2n) is 4.41. The average molecular weight is 349 g/mol. The standard InChI is InChI=1S/C13H12BrF3N2O/c1-8(6-18)7-19(2)12(20)9-3-4-11(14)10(5-9)13(15,16)17/h3-5,8H,7H2,1-2H3. The Bertz CT molecular complexity index is 552. The van der Waals surface area contributed by atoms with Gasteiger partial charge in [0.2, 0.25) is 0 Å². The van der Waals surface area contributed by atoms with E-state index in [2.05, 4.69) is 15.9 Å². The summed E-state index contributed by atoms with van der Waals surface area (Å²) >= 11 is 2.82. The smallest absolute Gasteiger partial charge is 0.340 e. The van der Waals surface area contributed by atoms with E-state index in [9.17, 15) is 18.0 Å². The van der Waals surface area contributed by atoms with Crippen molar-refractivity contribution in [2.45, 2.75) is 13.1 Å². The lowest BCUT2D eigenvalue weighted by Crippen LogP contribution is -2.30. The zero-order chi connectivity index (χ0) is 15.5. The Morgan fingerprint density at radius 1 is 1.50 bits per heavy atom. The van der Waals surface area contributed by atoms with E-state index in [1.807, 2.05) is 6.07 Å². The second-order valence-corrected chi connectivity index (χ2v) is 5.26. The highest BCUT2D eigenvalue weighted by Gasteiger charge is 2.33. The molecule has 1 aromatic carbocycles. The summed E-state index contributed by atoms with van der Waals surface area (Å²) in [7, 11) is 1.45. The monoisotopic (exact) mass is 348 g/mol. The molecule has 0 heterocycles.